The normalized spacial score (nSPS) is 19.0. The molecule has 0 amide bonds. The third kappa shape index (κ3) is 4.33. The number of anilines is 2. The van der Waals surface area contributed by atoms with E-state index >= 15 is 0 Å². The summed E-state index contributed by atoms with van der Waals surface area (Å²) in [6.45, 7) is 5.57. The monoisotopic (exact) mass is 460 g/mol. The van der Waals surface area contributed by atoms with Gasteiger partial charge in [-0.05, 0) is 43.2 Å². The second-order valence-corrected chi connectivity index (χ2v) is 8.89. The lowest BCUT2D eigenvalue weighted by atomic mass is 9.92. The second kappa shape index (κ2) is 9.38. The number of rotatable bonds is 5. The predicted octanol–water partition coefficient (Wildman–Crippen LogP) is 3.02. The van der Waals surface area contributed by atoms with Gasteiger partial charge in [0.15, 0.2) is 5.78 Å². The highest BCUT2D eigenvalue weighted by Crippen LogP contribution is 2.26. The van der Waals surface area contributed by atoms with Gasteiger partial charge < -0.3 is 15.0 Å². The van der Waals surface area contributed by atoms with Crippen LogP contribution in [0.2, 0.25) is 0 Å². The maximum absolute atomic E-state index is 13.6. The molecule has 34 heavy (non-hydrogen) atoms. The zero-order valence-corrected chi connectivity index (χ0v) is 19.3. The van der Waals surface area contributed by atoms with Crippen LogP contribution in [0.4, 0.5) is 11.4 Å². The molecule has 1 aliphatic carbocycles. The number of hydrogen-bond acceptors (Lipinski definition) is 7. The van der Waals surface area contributed by atoms with Gasteiger partial charge in [0.1, 0.15) is 11.6 Å². The number of hydrogen-bond donors (Lipinski definition) is 1. The predicted molar refractivity (Wildman–Crippen MR) is 130 cm³/mol. The minimum atomic E-state index is -0.636. The average molecular weight is 461 g/mol. The van der Waals surface area contributed by atoms with Crippen LogP contribution >= 0.6 is 0 Å². The molecule has 0 radical (unpaired) electrons. The van der Waals surface area contributed by atoms with Crippen LogP contribution in [0.1, 0.15) is 36.7 Å². The molecule has 1 saturated heterocycles. The number of nitrogens with zero attached hydrogens (tertiary/aromatic N) is 3. The van der Waals surface area contributed by atoms with Gasteiger partial charge in [0, 0.05) is 37.4 Å². The Labute approximate surface area is 197 Å². The first-order valence-electron chi connectivity index (χ1n) is 11.7. The van der Waals surface area contributed by atoms with E-state index in [1.807, 2.05) is 18.2 Å². The molecule has 3 aromatic rings. The Hall–Kier alpha value is -3.52. The zero-order valence-electron chi connectivity index (χ0n) is 19.3. The largest absolute Gasteiger partial charge is 0.380 e. The molecule has 1 atom stereocenters. The minimum absolute atomic E-state index is 0.0669. The van der Waals surface area contributed by atoms with Gasteiger partial charge in [-0.2, -0.15) is 0 Å². The van der Waals surface area contributed by atoms with E-state index in [9.17, 15) is 14.4 Å². The molecule has 2 aromatic carbocycles. The number of ketones is 2. The number of benzene rings is 2. The van der Waals surface area contributed by atoms with E-state index in [1.165, 1.54) is 10.3 Å². The Morgan fingerprint density at radius 2 is 1.82 bits per heavy atom. The number of carbonyl (C=O) groups is 2. The van der Waals surface area contributed by atoms with Crippen molar-refractivity contribution in [2.75, 3.05) is 36.5 Å². The summed E-state index contributed by atoms with van der Waals surface area (Å²) < 4.78 is 6.90. The number of aromatic nitrogens is 2. The number of aryl methyl sites for hydroxylation is 1. The molecule has 0 bridgehead atoms. The summed E-state index contributed by atoms with van der Waals surface area (Å²) in [6, 6.07) is 13.3. The van der Waals surface area contributed by atoms with Crippen LogP contribution in [0.5, 0.6) is 0 Å². The number of ether oxygens (including phenoxy) is 1. The van der Waals surface area contributed by atoms with Crippen molar-refractivity contribution < 1.29 is 14.3 Å². The van der Waals surface area contributed by atoms with E-state index < -0.39 is 6.04 Å². The quantitative estimate of drug-likeness (QED) is 0.585. The first-order chi connectivity index (χ1) is 16.5. The molecule has 5 rings (SSSR count). The average Bonchev–Trinajstić information content (AvgIpc) is 2.84. The molecule has 0 spiro atoms. The van der Waals surface area contributed by atoms with Gasteiger partial charge in [-0.25, -0.2) is 4.98 Å². The first-order valence-corrected chi connectivity index (χ1v) is 11.7. The highest BCUT2D eigenvalue weighted by atomic mass is 16.5. The fourth-order valence-corrected chi connectivity index (χ4v) is 4.84. The van der Waals surface area contributed by atoms with E-state index in [4.69, 9.17) is 4.74 Å². The molecule has 8 heteroatoms. The summed E-state index contributed by atoms with van der Waals surface area (Å²) >= 11 is 0. The summed E-state index contributed by atoms with van der Waals surface area (Å²) in [6.07, 6.45) is 0.534. The topological polar surface area (TPSA) is 93.5 Å². The third-order valence-electron chi connectivity index (χ3n) is 6.65. The minimum Gasteiger partial charge on any atom is -0.380 e. The molecule has 1 saturated carbocycles. The Bertz CT molecular complexity index is 1290. The van der Waals surface area contributed by atoms with Crippen LogP contribution in [0, 0.1) is 6.92 Å². The van der Waals surface area contributed by atoms with Crippen LogP contribution in [0.15, 0.2) is 47.3 Å². The number of Topliss-reactive ketones (excluding diaryl/α,β-unsaturated/α-hetero) is 2. The van der Waals surface area contributed by atoms with E-state index in [0.29, 0.717) is 41.8 Å². The van der Waals surface area contributed by atoms with Crippen molar-refractivity contribution in [3.05, 3.63) is 64.2 Å². The fraction of sp³-hybridized carbons (Fsp3) is 0.385. The van der Waals surface area contributed by atoms with Gasteiger partial charge in [-0.3, -0.25) is 19.0 Å². The Morgan fingerprint density at radius 1 is 1.06 bits per heavy atom. The van der Waals surface area contributed by atoms with Crippen molar-refractivity contribution in [2.24, 2.45) is 0 Å². The molecular formula is C26H28N4O4. The third-order valence-corrected chi connectivity index (χ3v) is 6.65. The van der Waals surface area contributed by atoms with Crippen LogP contribution in [0.25, 0.3) is 10.9 Å². The van der Waals surface area contributed by atoms with Crippen molar-refractivity contribution >= 4 is 33.8 Å². The molecule has 2 fully saturated rings. The first kappa shape index (κ1) is 22.3. The van der Waals surface area contributed by atoms with E-state index in [1.54, 1.807) is 6.92 Å². The number of morpholine rings is 1. The van der Waals surface area contributed by atoms with Gasteiger partial charge in [0.25, 0.3) is 5.56 Å². The second-order valence-electron chi connectivity index (χ2n) is 8.89. The van der Waals surface area contributed by atoms with Gasteiger partial charge in [0.05, 0.1) is 36.6 Å². The number of carbonyl (C=O) groups excluding carboxylic acids is 2. The van der Waals surface area contributed by atoms with E-state index in [-0.39, 0.29) is 23.5 Å². The molecule has 1 aromatic heterocycles. The van der Waals surface area contributed by atoms with Gasteiger partial charge in [-0.1, -0.05) is 18.2 Å². The Kier molecular flexibility index (Phi) is 6.15. The molecular weight excluding hydrogens is 432 g/mol. The Morgan fingerprint density at radius 3 is 2.56 bits per heavy atom. The maximum atomic E-state index is 13.6. The number of nitrogens with one attached hydrogen (secondary N) is 1. The lowest BCUT2D eigenvalue weighted by Crippen LogP contribution is -2.36. The molecule has 1 aliphatic heterocycles. The molecule has 8 nitrogen and oxygen atoms in total. The molecule has 2 aliphatic rings. The van der Waals surface area contributed by atoms with Gasteiger partial charge >= 0.3 is 0 Å². The fourth-order valence-electron chi connectivity index (χ4n) is 4.84. The van der Waals surface area contributed by atoms with Crippen molar-refractivity contribution in [2.45, 2.75) is 38.8 Å². The molecule has 2 heterocycles. The summed E-state index contributed by atoms with van der Waals surface area (Å²) in [5.74, 6) is 0.206. The van der Waals surface area contributed by atoms with Crippen LogP contribution in [-0.2, 0) is 20.9 Å². The van der Waals surface area contributed by atoms with Crippen molar-refractivity contribution in [1.82, 2.24) is 9.55 Å². The van der Waals surface area contributed by atoms with Crippen LogP contribution < -0.4 is 15.8 Å². The van der Waals surface area contributed by atoms with Gasteiger partial charge in [0.2, 0.25) is 0 Å². The van der Waals surface area contributed by atoms with Crippen molar-refractivity contribution in [3.63, 3.8) is 0 Å². The summed E-state index contributed by atoms with van der Waals surface area (Å²) in [7, 11) is 0. The van der Waals surface area contributed by atoms with Crippen LogP contribution in [-0.4, -0.2) is 47.4 Å². The highest BCUT2D eigenvalue weighted by molar-refractivity contribution is 6.03. The maximum Gasteiger partial charge on any atom is 0.264 e. The zero-order chi connectivity index (χ0) is 23.7. The number of fused-ring (bicyclic) bond motifs is 1. The van der Waals surface area contributed by atoms with Crippen molar-refractivity contribution in [1.29, 1.82) is 0 Å². The van der Waals surface area contributed by atoms with Gasteiger partial charge in [-0.15, -0.1) is 0 Å². The van der Waals surface area contributed by atoms with E-state index in [2.05, 4.69) is 39.5 Å². The molecule has 1 N–H and O–H groups in total. The molecule has 1 unspecified atom stereocenters. The lowest BCUT2D eigenvalue weighted by Gasteiger charge is -2.29. The summed E-state index contributed by atoms with van der Waals surface area (Å²) in [5, 5.41) is 3.85. The van der Waals surface area contributed by atoms with Crippen LogP contribution in [0.3, 0.4) is 0 Å². The lowest BCUT2D eigenvalue weighted by molar-refractivity contribution is -0.132. The van der Waals surface area contributed by atoms with E-state index in [0.717, 1.165) is 31.9 Å². The summed E-state index contributed by atoms with van der Waals surface area (Å²) in [5.41, 5.74) is 3.29. The standard InChI is InChI=1S/C26H28N4O4/c1-17-28-22-4-2-3-21(25(22)26(33)30(17)23-10-9-20(31)15-24(23)32)27-16-18-5-7-19(8-6-18)29-11-13-34-14-12-29/h2-8,23,27H,9-16H2,1H3. The molecule has 176 valence electrons. The summed E-state index contributed by atoms with van der Waals surface area (Å²) in [4.78, 5) is 44.7. The Balaban J connectivity index is 1.41. The van der Waals surface area contributed by atoms with Crippen molar-refractivity contribution in [3.8, 4) is 0 Å². The smallest absolute Gasteiger partial charge is 0.264 e. The highest BCUT2D eigenvalue weighted by Gasteiger charge is 2.31. The SMILES string of the molecule is Cc1nc2cccc(NCc3ccc(N4CCOCC4)cc3)c2c(=O)n1C1CCC(=O)CC1=O.